The van der Waals surface area contributed by atoms with Gasteiger partial charge in [-0.3, -0.25) is 0 Å². The van der Waals surface area contributed by atoms with E-state index < -0.39 is 7.38 Å². The molecule has 0 saturated carbocycles. The Balaban J connectivity index is 4.40. The van der Waals surface area contributed by atoms with E-state index >= 15 is 0 Å². The van der Waals surface area contributed by atoms with Crippen molar-refractivity contribution in [3.8, 4) is 0 Å². The highest BCUT2D eigenvalue weighted by Gasteiger charge is 2.38. The summed E-state index contributed by atoms with van der Waals surface area (Å²) in [6.45, 7) is 13.7. The van der Waals surface area contributed by atoms with Crippen molar-refractivity contribution < 1.29 is 0 Å². The van der Waals surface area contributed by atoms with Gasteiger partial charge in [0.15, 0.2) is 7.38 Å². The van der Waals surface area contributed by atoms with E-state index in [1.807, 2.05) is 0 Å². The molecule has 0 atom stereocenters. The van der Waals surface area contributed by atoms with Gasteiger partial charge < -0.3 is 0 Å². The van der Waals surface area contributed by atoms with Gasteiger partial charge >= 0.3 is 0 Å². The molecule has 0 fully saturated rings. The van der Waals surface area contributed by atoms with Crippen molar-refractivity contribution in [2.75, 3.05) is 0 Å². The molecule has 0 radical (unpaired) electrons. The molecule has 0 N–H and O–H groups in total. The number of rotatable bonds is 4. The third kappa shape index (κ3) is 3.10. The number of hydrogen-bond acceptors (Lipinski definition) is 0. The fourth-order valence-electron chi connectivity index (χ4n) is 1.76. The second-order valence-electron chi connectivity index (χ2n) is 4.83. The van der Waals surface area contributed by atoms with Gasteiger partial charge in [-0.1, -0.05) is 41.5 Å². The first-order chi connectivity index (χ1) is 5.30. The van der Waals surface area contributed by atoms with Gasteiger partial charge in [0, 0.05) is 0 Å². The summed E-state index contributed by atoms with van der Waals surface area (Å²) in [7, 11) is -1.49. The maximum atomic E-state index is 6.74. The normalized spacial score (nSPS) is 13.5. The zero-order valence-electron chi connectivity index (χ0n) is 9.32. The van der Waals surface area contributed by atoms with Crippen LogP contribution in [0.3, 0.4) is 0 Å². The summed E-state index contributed by atoms with van der Waals surface area (Å²) in [6, 6.07) is 1.25. The van der Waals surface area contributed by atoms with Gasteiger partial charge in [0.25, 0.3) is 0 Å². The minimum Gasteiger partial charge on any atom is -0.166 e. The molecule has 0 aromatic heterocycles. The van der Waals surface area contributed by atoms with Crippen molar-refractivity contribution in [3.05, 3.63) is 0 Å². The Bertz CT molecular complexity index is 122. The van der Waals surface area contributed by atoms with Crippen molar-refractivity contribution >= 4 is 18.5 Å². The zero-order chi connectivity index (χ0) is 9.94. The molecule has 0 spiro atoms. The first-order valence-electron chi connectivity index (χ1n) is 4.99. The van der Waals surface area contributed by atoms with Gasteiger partial charge in [-0.05, 0) is 23.0 Å². The highest BCUT2D eigenvalue weighted by Crippen LogP contribution is 2.41. The van der Waals surface area contributed by atoms with E-state index in [1.165, 1.54) is 6.04 Å². The minimum atomic E-state index is -1.49. The summed E-state index contributed by atoms with van der Waals surface area (Å²) >= 11 is 6.74. The molecule has 0 aromatic rings. The summed E-state index contributed by atoms with van der Waals surface area (Å²) in [5.74, 6) is 0.749. The fourth-order valence-corrected chi connectivity index (χ4v) is 6.22. The largest absolute Gasteiger partial charge is 0.166 e. The topological polar surface area (TPSA) is 0 Å². The molecule has 2 heteroatoms. The van der Waals surface area contributed by atoms with Crippen LogP contribution in [0.2, 0.25) is 17.1 Å². The first kappa shape index (κ1) is 12.5. The summed E-state index contributed by atoms with van der Waals surface area (Å²) in [4.78, 5) is 0. The van der Waals surface area contributed by atoms with Crippen LogP contribution in [0.25, 0.3) is 0 Å². The van der Waals surface area contributed by atoms with Crippen LogP contribution in [0.5, 0.6) is 0 Å². The lowest BCUT2D eigenvalue weighted by molar-refractivity contribution is 0.702. The molecule has 0 rings (SSSR count). The van der Waals surface area contributed by atoms with Gasteiger partial charge in [-0.15, -0.1) is 0 Å². The van der Waals surface area contributed by atoms with Gasteiger partial charge in [0.05, 0.1) is 0 Å². The van der Waals surface area contributed by atoms with Crippen LogP contribution < -0.4 is 0 Å². The summed E-state index contributed by atoms with van der Waals surface area (Å²) < 4.78 is 0. The zero-order valence-corrected chi connectivity index (χ0v) is 11.1. The van der Waals surface area contributed by atoms with Crippen LogP contribution in [0.1, 0.15) is 41.5 Å². The minimum absolute atomic E-state index is 0.696. The molecule has 0 aliphatic carbocycles. The molecule has 0 aliphatic rings. The van der Waals surface area contributed by atoms with Crippen LogP contribution in [-0.4, -0.2) is 7.38 Å². The Morgan fingerprint density at radius 1 is 0.917 bits per heavy atom. The van der Waals surface area contributed by atoms with E-state index in [1.54, 1.807) is 0 Å². The van der Waals surface area contributed by atoms with E-state index in [0.29, 0.717) is 11.1 Å². The Morgan fingerprint density at radius 2 is 1.25 bits per heavy atom. The Labute approximate surface area is 83.4 Å². The van der Waals surface area contributed by atoms with Crippen molar-refractivity contribution in [3.63, 3.8) is 0 Å². The third-order valence-electron chi connectivity index (χ3n) is 2.64. The second-order valence-corrected chi connectivity index (χ2v) is 11.5. The van der Waals surface area contributed by atoms with E-state index in [2.05, 4.69) is 41.5 Å². The van der Waals surface area contributed by atoms with Gasteiger partial charge in [0.2, 0.25) is 0 Å². The molecule has 0 saturated heterocycles. The average molecular weight is 207 g/mol. The molecule has 12 heavy (non-hydrogen) atoms. The van der Waals surface area contributed by atoms with E-state index in [4.69, 9.17) is 11.1 Å². The van der Waals surface area contributed by atoms with Crippen LogP contribution >= 0.6 is 11.1 Å². The van der Waals surface area contributed by atoms with Crippen molar-refractivity contribution in [1.29, 1.82) is 0 Å². The Morgan fingerprint density at radius 3 is 1.33 bits per heavy atom. The average Bonchev–Trinajstić information content (AvgIpc) is 1.84. The molecular formula is C10H23ClSi. The number of halogens is 1. The predicted molar refractivity (Wildman–Crippen MR) is 61.4 cm³/mol. The third-order valence-corrected chi connectivity index (χ3v) is 11.0. The lowest BCUT2D eigenvalue weighted by atomic mass is 10.3. The Hall–Kier alpha value is 0.507. The smallest absolute Gasteiger partial charge is 0.161 e. The second kappa shape index (κ2) is 4.66. The molecule has 0 heterocycles. The van der Waals surface area contributed by atoms with Crippen LogP contribution in [0.15, 0.2) is 0 Å². The summed E-state index contributed by atoms with van der Waals surface area (Å²) in [6.07, 6.45) is 0. The van der Waals surface area contributed by atoms with Gasteiger partial charge in [-0.25, -0.2) is 0 Å². The predicted octanol–water partition coefficient (Wildman–Crippen LogP) is 4.65. The first-order valence-corrected chi connectivity index (χ1v) is 8.37. The van der Waals surface area contributed by atoms with E-state index in [-0.39, 0.29) is 0 Å². The van der Waals surface area contributed by atoms with Gasteiger partial charge in [-0.2, -0.15) is 11.1 Å². The van der Waals surface area contributed by atoms with E-state index in [9.17, 15) is 0 Å². The number of hydrogen-bond donors (Lipinski definition) is 0. The highest BCUT2D eigenvalue weighted by atomic mass is 35.6. The molecule has 0 unspecified atom stereocenters. The van der Waals surface area contributed by atoms with Gasteiger partial charge in [0.1, 0.15) is 0 Å². The van der Waals surface area contributed by atoms with Crippen molar-refractivity contribution in [2.45, 2.75) is 58.7 Å². The summed E-state index contributed by atoms with van der Waals surface area (Å²) in [5.41, 5.74) is 1.39. The lowest BCUT2D eigenvalue weighted by Crippen LogP contribution is -2.36. The standard InChI is InChI=1S/C10H23ClSi/c1-8(2)7-12(11,9(3)4)10(5)6/h8-10H,7H2,1-6H3. The maximum absolute atomic E-state index is 6.74. The van der Waals surface area contributed by atoms with Crippen molar-refractivity contribution in [1.82, 2.24) is 0 Å². The Kier molecular flexibility index (Phi) is 4.86. The highest BCUT2D eigenvalue weighted by molar-refractivity contribution is 7.21. The molecule has 0 aliphatic heterocycles. The van der Waals surface area contributed by atoms with Crippen LogP contribution in [0, 0.1) is 5.92 Å². The molecular weight excluding hydrogens is 184 g/mol. The maximum Gasteiger partial charge on any atom is 0.161 e. The molecule has 74 valence electrons. The quantitative estimate of drug-likeness (QED) is 0.464. The molecule has 0 bridgehead atoms. The monoisotopic (exact) mass is 206 g/mol. The lowest BCUT2D eigenvalue weighted by Gasteiger charge is -2.34. The van der Waals surface area contributed by atoms with Crippen LogP contribution in [-0.2, 0) is 0 Å². The molecule has 0 nitrogen and oxygen atoms in total. The SMILES string of the molecule is CC(C)C[Si](Cl)(C(C)C)C(C)C. The van der Waals surface area contributed by atoms with E-state index in [0.717, 1.165) is 5.92 Å². The molecule has 0 amide bonds. The van der Waals surface area contributed by atoms with Crippen molar-refractivity contribution in [2.24, 2.45) is 5.92 Å². The molecule has 0 aromatic carbocycles. The van der Waals surface area contributed by atoms with Crippen LogP contribution in [0.4, 0.5) is 0 Å². The fraction of sp³-hybridized carbons (Fsp3) is 1.00. The summed E-state index contributed by atoms with van der Waals surface area (Å²) in [5, 5.41) is 0.